The summed E-state index contributed by atoms with van der Waals surface area (Å²) in [4.78, 5) is 27.5. The van der Waals surface area contributed by atoms with E-state index in [2.05, 4.69) is 5.32 Å². The fraction of sp³-hybridized carbons (Fsp3) is 0.417. The van der Waals surface area contributed by atoms with E-state index in [1.54, 1.807) is 11.8 Å². The van der Waals surface area contributed by atoms with E-state index in [0.29, 0.717) is 25.9 Å². The number of hydrogen-bond acceptors (Lipinski definition) is 3. The van der Waals surface area contributed by atoms with Crippen LogP contribution >= 0.6 is 0 Å². The maximum Gasteiger partial charge on any atom is 0.242 e. The van der Waals surface area contributed by atoms with Crippen molar-refractivity contribution in [2.75, 3.05) is 13.2 Å². The number of benzene rings is 2. The third-order valence-corrected chi connectivity index (χ3v) is 5.36. The maximum atomic E-state index is 13.0. The lowest BCUT2D eigenvalue weighted by atomic mass is 10.1. The summed E-state index contributed by atoms with van der Waals surface area (Å²) in [6.45, 7) is 3.48. The minimum Gasteiger partial charge on any atom is -0.376 e. The Labute approximate surface area is 173 Å². The van der Waals surface area contributed by atoms with Gasteiger partial charge in [0.05, 0.1) is 6.10 Å². The van der Waals surface area contributed by atoms with E-state index in [0.717, 1.165) is 30.6 Å². The van der Waals surface area contributed by atoms with Gasteiger partial charge in [-0.05, 0) is 37.3 Å². The van der Waals surface area contributed by atoms with Gasteiger partial charge in [-0.2, -0.15) is 0 Å². The van der Waals surface area contributed by atoms with Crippen molar-refractivity contribution < 1.29 is 14.3 Å². The van der Waals surface area contributed by atoms with Crippen LogP contribution in [0.2, 0.25) is 0 Å². The highest BCUT2D eigenvalue weighted by Gasteiger charge is 2.27. The minimum atomic E-state index is -0.542. The number of nitrogens with zero attached hydrogens (tertiary/aromatic N) is 1. The van der Waals surface area contributed by atoms with Crippen LogP contribution in [0.5, 0.6) is 0 Å². The molecule has 1 N–H and O–H groups in total. The number of aryl methyl sites for hydroxylation is 1. The lowest BCUT2D eigenvalue weighted by Crippen LogP contribution is -2.49. The molecule has 1 saturated heterocycles. The predicted molar refractivity (Wildman–Crippen MR) is 113 cm³/mol. The van der Waals surface area contributed by atoms with Crippen molar-refractivity contribution in [2.24, 2.45) is 0 Å². The van der Waals surface area contributed by atoms with E-state index >= 15 is 0 Å². The third-order valence-electron chi connectivity index (χ3n) is 5.36. The molecular weight excluding hydrogens is 364 g/mol. The Kier molecular flexibility index (Phi) is 7.82. The van der Waals surface area contributed by atoms with E-state index in [9.17, 15) is 9.59 Å². The summed E-state index contributed by atoms with van der Waals surface area (Å²) in [7, 11) is 0. The third kappa shape index (κ3) is 6.43. The molecule has 0 radical (unpaired) electrons. The maximum absolute atomic E-state index is 13.0. The summed E-state index contributed by atoms with van der Waals surface area (Å²) in [5.74, 6) is -0.151. The van der Waals surface area contributed by atoms with Crippen molar-refractivity contribution in [2.45, 2.75) is 51.3 Å². The van der Waals surface area contributed by atoms with Crippen molar-refractivity contribution in [3.63, 3.8) is 0 Å². The lowest BCUT2D eigenvalue weighted by molar-refractivity contribution is -0.140. The fourth-order valence-electron chi connectivity index (χ4n) is 3.57. The normalized spacial score (nSPS) is 16.9. The summed E-state index contributed by atoms with van der Waals surface area (Å²) < 4.78 is 5.58. The standard InChI is InChI=1S/C24H30N2O3/c1-19(24(28)25-17-22-13-8-16-29-22)26(18-21-11-6-3-7-12-21)23(27)15-14-20-9-4-2-5-10-20/h2-7,9-12,19,22H,8,13-18H2,1H3,(H,25,28). The minimum absolute atomic E-state index is 0.0162. The van der Waals surface area contributed by atoms with Gasteiger partial charge in [-0.15, -0.1) is 0 Å². The summed E-state index contributed by atoms with van der Waals surface area (Å²) in [5.41, 5.74) is 2.13. The second kappa shape index (κ2) is 10.8. The average molecular weight is 395 g/mol. The summed E-state index contributed by atoms with van der Waals surface area (Å²) in [6.07, 6.45) is 3.13. The van der Waals surface area contributed by atoms with E-state index in [1.807, 2.05) is 60.7 Å². The van der Waals surface area contributed by atoms with Gasteiger partial charge in [0.1, 0.15) is 6.04 Å². The van der Waals surface area contributed by atoms with Crippen LogP contribution in [0.15, 0.2) is 60.7 Å². The molecule has 5 nitrogen and oxygen atoms in total. The number of hydrogen-bond donors (Lipinski definition) is 1. The first-order valence-electron chi connectivity index (χ1n) is 10.4. The Morgan fingerprint density at radius 3 is 2.34 bits per heavy atom. The molecule has 2 aromatic carbocycles. The van der Waals surface area contributed by atoms with E-state index in [-0.39, 0.29) is 17.9 Å². The Morgan fingerprint density at radius 1 is 1.07 bits per heavy atom. The first kappa shape index (κ1) is 21.1. The molecule has 0 saturated carbocycles. The van der Waals surface area contributed by atoms with Gasteiger partial charge < -0.3 is 15.0 Å². The highest BCUT2D eigenvalue weighted by atomic mass is 16.5. The Balaban J connectivity index is 1.63. The molecular formula is C24H30N2O3. The number of ether oxygens (including phenoxy) is 1. The summed E-state index contributed by atoms with van der Waals surface area (Å²) in [5, 5.41) is 2.96. The van der Waals surface area contributed by atoms with Crippen LogP contribution in [-0.2, 0) is 27.3 Å². The van der Waals surface area contributed by atoms with Gasteiger partial charge >= 0.3 is 0 Å². The first-order valence-corrected chi connectivity index (χ1v) is 10.4. The highest BCUT2D eigenvalue weighted by molar-refractivity contribution is 5.87. The van der Waals surface area contributed by atoms with Crippen LogP contribution in [-0.4, -0.2) is 42.0 Å². The van der Waals surface area contributed by atoms with E-state index in [1.165, 1.54) is 0 Å². The molecule has 0 aromatic heterocycles. The summed E-state index contributed by atoms with van der Waals surface area (Å²) >= 11 is 0. The molecule has 2 unspecified atom stereocenters. The highest BCUT2D eigenvalue weighted by Crippen LogP contribution is 2.14. The molecule has 1 heterocycles. The van der Waals surface area contributed by atoms with Crippen molar-refractivity contribution in [3.05, 3.63) is 71.8 Å². The van der Waals surface area contributed by atoms with Gasteiger partial charge in [-0.25, -0.2) is 0 Å². The van der Waals surface area contributed by atoms with Crippen LogP contribution in [0.25, 0.3) is 0 Å². The summed E-state index contributed by atoms with van der Waals surface area (Å²) in [6, 6.07) is 19.2. The molecule has 2 atom stereocenters. The van der Waals surface area contributed by atoms with Gasteiger partial charge in [0, 0.05) is 26.1 Å². The smallest absolute Gasteiger partial charge is 0.242 e. The fourth-order valence-corrected chi connectivity index (χ4v) is 3.57. The zero-order valence-electron chi connectivity index (χ0n) is 17.0. The Bertz CT molecular complexity index is 773. The zero-order chi connectivity index (χ0) is 20.5. The number of carbonyl (C=O) groups is 2. The van der Waals surface area contributed by atoms with Gasteiger partial charge in [0.2, 0.25) is 11.8 Å². The van der Waals surface area contributed by atoms with Crippen molar-refractivity contribution in [1.29, 1.82) is 0 Å². The number of carbonyl (C=O) groups excluding carboxylic acids is 2. The van der Waals surface area contributed by atoms with Crippen LogP contribution < -0.4 is 5.32 Å². The van der Waals surface area contributed by atoms with Gasteiger partial charge in [0.25, 0.3) is 0 Å². The van der Waals surface area contributed by atoms with Crippen molar-refractivity contribution in [1.82, 2.24) is 10.2 Å². The molecule has 2 aromatic rings. The largest absolute Gasteiger partial charge is 0.376 e. The molecule has 29 heavy (non-hydrogen) atoms. The Hall–Kier alpha value is -2.66. The number of rotatable bonds is 9. The molecule has 1 fully saturated rings. The van der Waals surface area contributed by atoms with Crippen LogP contribution in [0, 0.1) is 0 Å². The topological polar surface area (TPSA) is 58.6 Å². The van der Waals surface area contributed by atoms with E-state index in [4.69, 9.17) is 4.74 Å². The second-order valence-electron chi connectivity index (χ2n) is 7.55. The zero-order valence-corrected chi connectivity index (χ0v) is 17.0. The van der Waals surface area contributed by atoms with E-state index < -0.39 is 6.04 Å². The molecule has 0 spiro atoms. The van der Waals surface area contributed by atoms with Gasteiger partial charge in [-0.3, -0.25) is 9.59 Å². The van der Waals surface area contributed by atoms with Gasteiger partial charge in [0.15, 0.2) is 0 Å². The molecule has 0 bridgehead atoms. The van der Waals surface area contributed by atoms with Crippen LogP contribution in [0.1, 0.15) is 37.3 Å². The lowest BCUT2D eigenvalue weighted by Gasteiger charge is -2.29. The van der Waals surface area contributed by atoms with Crippen molar-refractivity contribution >= 4 is 11.8 Å². The predicted octanol–water partition coefficient (Wildman–Crippen LogP) is 3.33. The quantitative estimate of drug-likeness (QED) is 0.710. The van der Waals surface area contributed by atoms with Crippen LogP contribution in [0.3, 0.4) is 0 Å². The first-order chi connectivity index (χ1) is 14.1. The average Bonchev–Trinajstić information content (AvgIpc) is 3.29. The van der Waals surface area contributed by atoms with Crippen LogP contribution in [0.4, 0.5) is 0 Å². The van der Waals surface area contributed by atoms with Gasteiger partial charge in [-0.1, -0.05) is 60.7 Å². The molecule has 1 aliphatic heterocycles. The Morgan fingerprint density at radius 2 is 1.72 bits per heavy atom. The SMILES string of the molecule is CC(C(=O)NCC1CCCO1)N(Cc1ccccc1)C(=O)CCc1ccccc1. The molecule has 2 amide bonds. The van der Waals surface area contributed by atoms with Crippen molar-refractivity contribution in [3.8, 4) is 0 Å². The number of amides is 2. The molecule has 1 aliphatic rings. The molecule has 154 valence electrons. The molecule has 3 rings (SSSR count). The number of nitrogens with one attached hydrogen (secondary N) is 1. The molecule has 5 heteroatoms. The second-order valence-corrected chi connectivity index (χ2v) is 7.55. The monoisotopic (exact) mass is 394 g/mol. The molecule has 0 aliphatic carbocycles.